The summed E-state index contributed by atoms with van der Waals surface area (Å²) in [5, 5.41) is 8.30. The van der Waals surface area contributed by atoms with Crippen LogP contribution in [-0.2, 0) is 9.53 Å². The zero-order chi connectivity index (χ0) is 7.98. The van der Waals surface area contributed by atoms with E-state index in [1.54, 1.807) is 0 Å². The first-order chi connectivity index (χ1) is 4.68. The Labute approximate surface area is 71.4 Å². The molecule has 0 rings (SSSR count). The zero-order valence-electron chi connectivity index (χ0n) is 6.24. The van der Waals surface area contributed by atoms with Crippen LogP contribution in [0.3, 0.4) is 0 Å². The number of hydrogen-bond acceptors (Lipinski definition) is 3. The number of ether oxygens (including phenoxy) is 1. The molecule has 0 aliphatic carbocycles. The molecular formula is C6H12ClNO3. The van der Waals surface area contributed by atoms with Crippen LogP contribution in [0.15, 0.2) is 11.8 Å². The van der Waals surface area contributed by atoms with Gasteiger partial charge in [-0.1, -0.05) is 0 Å². The van der Waals surface area contributed by atoms with Gasteiger partial charge in [-0.25, -0.2) is 4.79 Å². The number of aliphatic carboxylic acids is 1. The first kappa shape index (κ1) is 12.9. The lowest BCUT2D eigenvalue weighted by Crippen LogP contribution is -2.06. The molecule has 0 aromatic heterocycles. The largest absolute Gasteiger partial charge is 0.499 e. The van der Waals surface area contributed by atoms with Gasteiger partial charge in [0.2, 0.25) is 0 Å². The Balaban J connectivity index is 0. The molecule has 0 unspecified atom stereocenters. The first-order valence-electron chi connectivity index (χ1n) is 2.90. The fourth-order valence-corrected chi connectivity index (χ4v) is 0.302. The fraction of sp³-hybridized carbons (Fsp3) is 0.500. The average Bonchev–Trinajstić information content (AvgIpc) is 1.88. The van der Waals surface area contributed by atoms with E-state index < -0.39 is 5.97 Å². The van der Waals surface area contributed by atoms with Crippen molar-refractivity contribution in [2.24, 2.45) is 5.73 Å². The summed E-state index contributed by atoms with van der Waals surface area (Å²) in [7, 11) is 0. The van der Waals surface area contributed by atoms with Gasteiger partial charge in [-0.15, -0.1) is 12.4 Å². The SMILES string of the molecule is CC(=COCCN)C(=O)O.Cl. The third-order valence-corrected chi connectivity index (χ3v) is 0.833. The van der Waals surface area contributed by atoms with Gasteiger partial charge >= 0.3 is 5.97 Å². The standard InChI is InChI=1S/C6H11NO3.ClH/c1-5(6(8)9)4-10-3-2-7;/h4H,2-3,7H2,1H3,(H,8,9);1H. The molecule has 4 nitrogen and oxygen atoms in total. The molecule has 5 heteroatoms. The topological polar surface area (TPSA) is 72.5 Å². The predicted molar refractivity (Wildman–Crippen MR) is 43.6 cm³/mol. The highest BCUT2D eigenvalue weighted by molar-refractivity contribution is 5.85. The predicted octanol–water partition coefficient (Wildman–Crippen LogP) is 0.372. The number of rotatable bonds is 4. The van der Waals surface area contributed by atoms with Gasteiger partial charge in [0.25, 0.3) is 0 Å². The minimum absolute atomic E-state index is 0. The minimum atomic E-state index is -0.975. The van der Waals surface area contributed by atoms with E-state index in [1.165, 1.54) is 13.2 Å². The molecule has 0 saturated carbocycles. The van der Waals surface area contributed by atoms with E-state index in [9.17, 15) is 4.79 Å². The number of hydrogen-bond donors (Lipinski definition) is 2. The molecule has 0 aliphatic rings. The van der Waals surface area contributed by atoms with Crippen LogP contribution in [0.4, 0.5) is 0 Å². The minimum Gasteiger partial charge on any atom is -0.499 e. The molecule has 0 heterocycles. The van der Waals surface area contributed by atoms with E-state index in [4.69, 9.17) is 15.6 Å². The molecule has 0 spiro atoms. The summed E-state index contributed by atoms with van der Waals surface area (Å²) in [5.41, 5.74) is 5.26. The van der Waals surface area contributed by atoms with Crippen LogP contribution >= 0.6 is 12.4 Å². The Morgan fingerprint density at radius 1 is 1.73 bits per heavy atom. The Kier molecular flexibility index (Phi) is 8.64. The summed E-state index contributed by atoms with van der Waals surface area (Å²) in [6.07, 6.45) is 1.19. The molecule has 0 aromatic carbocycles. The van der Waals surface area contributed by atoms with E-state index in [1.807, 2.05) is 0 Å². The van der Waals surface area contributed by atoms with E-state index in [2.05, 4.69) is 0 Å². The second-order valence-corrected chi connectivity index (χ2v) is 1.77. The van der Waals surface area contributed by atoms with Crippen molar-refractivity contribution in [3.05, 3.63) is 11.8 Å². The Hall–Kier alpha value is -0.740. The van der Waals surface area contributed by atoms with Crippen molar-refractivity contribution in [3.63, 3.8) is 0 Å². The normalized spacial score (nSPS) is 10.2. The van der Waals surface area contributed by atoms with Gasteiger partial charge in [-0.05, 0) is 6.92 Å². The molecular weight excluding hydrogens is 170 g/mol. The second kappa shape index (κ2) is 7.37. The molecule has 11 heavy (non-hydrogen) atoms. The molecule has 0 aromatic rings. The van der Waals surface area contributed by atoms with Crippen molar-refractivity contribution in [3.8, 4) is 0 Å². The average molecular weight is 182 g/mol. The number of nitrogens with two attached hydrogens (primary N) is 1. The fourth-order valence-electron chi connectivity index (χ4n) is 0.302. The van der Waals surface area contributed by atoms with Crippen LogP contribution in [0.25, 0.3) is 0 Å². The highest BCUT2D eigenvalue weighted by Crippen LogP contribution is 1.91. The highest BCUT2D eigenvalue weighted by Gasteiger charge is 1.97. The molecule has 0 fully saturated rings. The Bertz CT molecular complexity index is 147. The monoisotopic (exact) mass is 181 g/mol. The third-order valence-electron chi connectivity index (χ3n) is 0.833. The van der Waals surface area contributed by atoms with Crippen molar-refractivity contribution < 1.29 is 14.6 Å². The van der Waals surface area contributed by atoms with Gasteiger partial charge < -0.3 is 15.6 Å². The molecule has 0 atom stereocenters. The van der Waals surface area contributed by atoms with Crippen LogP contribution < -0.4 is 5.73 Å². The van der Waals surface area contributed by atoms with Crippen LogP contribution in [0.1, 0.15) is 6.92 Å². The lowest BCUT2D eigenvalue weighted by atomic mass is 10.3. The van der Waals surface area contributed by atoms with Gasteiger partial charge in [-0.3, -0.25) is 0 Å². The summed E-state index contributed by atoms with van der Waals surface area (Å²) in [5.74, 6) is -0.975. The van der Waals surface area contributed by atoms with Crippen molar-refractivity contribution in [2.75, 3.05) is 13.2 Å². The molecule has 0 amide bonds. The van der Waals surface area contributed by atoms with E-state index in [0.717, 1.165) is 0 Å². The first-order valence-corrected chi connectivity index (χ1v) is 2.90. The van der Waals surface area contributed by atoms with Crippen molar-refractivity contribution in [1.82, 2.24) is 0 Å². The summed E-state index contributed by atoms with van der Waals surface area (Å²) >= 11 is 0. The summed E-state index contributed by atoms with van der Waals surface area (Å²) < 4.78 is 4.74. The van der Waals surface area contributed by atoms with Crippen LogP contribution in [0, 0.1) is 0 Å². The van der Waals surface area contributed by atoms with Gasteiger partial charge in [0.15, 0.2) is 0 Å². The van der Waals surface area contributed by atoms with Gasteiger partial charge in [0.1, 0.15) is 0 Å². The molecule has 0 saturated heterocycles. The Morgan fingerprint density at radius 3 is 2.64 bits per heavy atom. The molecule has 0 radical (unpaired) electrons. The van der Waals surface area contributed by atoms with Gasteiger partial charge in [0.05, 0.1) is 18.4 Å². The summed E-state index contributed by atoms with van der Waals surface area (Å²) in [6, 6.07) is 0. The smallest absolute Gasteiger partial charge is 0.334 e. The van der Waals surface area contributed by atoms with Gasteiger partial charge in [-0.2, -0.15) is 0 Å². The molecule has 66 valence electrons. The zero-order valence-corrected chi connectivity index (χ0v) is 7.06. The number of carboxylic acid groups (broad SMARTS) is 1. The maximum atomic E-state index is 10.1. The van der Waals surface area contributed by atoms with Crippen molar-refractivity contribution in [1.29, 1.82) is 0 Å². The van der Waals surface area contributed by atoms with Crippen molar-refractivity contribution in [2.45, 2.75) is 6.92 Å². The van der Waals surface area contributed by atoms with E-state index in [-0.39, 0.29) is 18.0 Å². The Morgan fingerprint density at radius 2 is 2.27 bits per heavy atom. The number of halogens is 1. The molecule has 0 bridgehead atoms. The van der Waals surface area contributed by atoms with Crippen LogP contribution in [-0.4, -0.2) is 24.2 Å². The van der Waals surface area contributed by atoms with Crippen LogP contribution in [0.2, 0.25) is 0 Å². The van der Waals surface area contributed by atoms with E-state index in [0.29, 0.717) is 13.2 Å². The summed E-state index contributed by atoms with van der Waals surface area (Å²) in [4.78, 5) is 10.1. The van der Waals surface area contributed by atoms with Gasteiger partial charge in [0, 0.05) is 6.54 Å². The molecule has 0 aliphatic heterocycles. The molecule has 3 N–H and O–H groups in total. The number of carboxylic acids is 1. The quantitative estimate of drug-likeness (QED) is 0.374. The third kappa shape index (κ3) is 7.15. The van der Waals surface area contributed by atoms with Crippen LogP contribution in [0.5, 0.6) is 0 Å². The lowest BCUT2D eigenvalue weighted by Gasteiger charge is -1.96. The number of carbonyl (C=O) groups is 1. The second-order valence-electron chi connectivity index (χ2n) is 1.77. The maximum Gasteiger partial charge on any atom is 0.334 e. The lowest BCUT2D eigenvalue weighted by molar-refractivity contribution is -0.132. The van der Waals surface area contributed by atoms with E-state index >= 15 is 0 Å². The van der Waals surface area contributed by atoms with Crippen molar-refractivity contribution >= 4 is 18.4 Å². The summed E-state index contributed by atoms with van der Waals surface area (Å²) in [6.45, 7) is 2.20. The highest BCUT2D eigenvalue weighted by atomic mass is 35.5. The maximum absolute atomic E-state index is 10.1.